The average molecular weight is 423 g/mol. The maximum atomic E-state index is 12.7. The van der Waals surface area contributed by atoms with E-state index < -0.39 is 6.04 Å². The lowest BCUT2D eigenvalue weighted by Gasteiger charge is -2.32. The van der Waals surface area contributed by atoms with Gasteiger partial charge in [0.2, 0.25) is 11.8 Å². The highest BCUT2D eigenvalue weighted by atomic mass is 16.2. The van der Waals surface area contributed by atoms with Gasteiger partial charge < -0.3 is 16.4 Å². The van der Waals surface area contributed by atoms with Crippen molar-refractivity contribution in [3.05, 3.63) is 59.9 Å². The van der Waals surface area contributed by atoms with E-state index in [1.54, 1.807) is 24.5 Å². The van der Waals surface area contributed by atoms with Crippen LogP contribution in [0.4, 0.5) is 5.69 Å². The topological polar surface area (TPSA) is 97.1 Å². The SMILES string of the molecule is Cc1ccc(C(C)(C)CNC(=O)C(N)C2CCC(C(=O)Nc3ccncc3)CC2)cc1. The molecule has 1 heterocycles. The highest BCUT2D eigenvalue weighted by molar-refractivity contribution is 5.92. The Morgan fingerprint density at radius 2 is 1.68 bits per heavy atom. The van der Waals surface area contributed by atoms with Gasteiger partial charge in [-0.2, -0.15) is 0 Å². The third kappa shape index (κ3) is 6.14. The van der Waals surface area contributed by atoms with Crippen LogP contribution < -0.4 is 16.4 Å². The Balaban J connectivity index is 1.46. The van der Waals surface area contributed by atoms with Gasteiger partial charge in [-0.05, 0) is 56.2 Å². The molecule has 1 fully saturated rings. The molecular formula is C25H34N4O2. The molecule has 0 saturated heterocycles. The maximum Gasteiger partial charge on any atom is 0.237 e. The smallest absolute Gasteiger partial charge is 0.237 e. The number of hydrogen-bond acceptors (Lipinski definition) is 4. The zero-order chi connectivity index (χ0) is 22.4. The van der Waals surface area contributed by atoms with Crippen LogP contribution >= 0.6 is 0 Å². The molecule has 6 nitrogen and oxygen atoms in total. The van der Waals surface area contributed by atoms with Crippen LogP contribution in [0.3, 0.4) is 0 Å². The fraction of sp³-hybridized carbons (Fsp3) is 0.480. The lowest BCUT2D eigenvalue weighted by atomic mass is 9.78. The molecule has 31 heavy (non-hydrogen) atoms. The van der Waals surface area contributed by atoms with Crippen molar-refractivity contribution in [3.63, 3.8) is 0 Å². The van der Waals surface area contributed by atoms with Crippen molar-refractivity contribution in [2.75, 3.05) is 11.9 Å². The first kappa shape index (κ1) is 22.9. The summed E-state index contributed by atoms with van der Waals surface area (Å²) in [6.45, 7) is 6.84. The van der Waals surface area contributed by atoms with E-state index in [1.807, 2.05) is 0 Å². The molecule has 4 N–H and O–H groups in total. The average Bonchev–Trinajstić information content (AvgIpc) is 2.78. The summed E-state index contributed by atoms with van der Waals surface area (Å²) in [7, 11) is 0. The Labute approximate surface area is 185 Å². The predicted octanol–water partition coefficient (Wildman–Crippen LogP) is 3.56. The third-order valence-electron chi connectivity index (χ3n) is 6.44. The fourth-order valence-electron chi connectivity index (χ4n) is 4.17. The first-order valence-corrected chi connectivity index (χ1v) is 11.1. The predicted molar refractivity (Wildman–Crippen MR) is 124 cm³/mol. The van der Waals surface area contributed by atoms with Crippen molar-refractivity contribution >= 4 is 17.5 Å². The van der Waals surface area contributed by atoms with Crippen LogP contribution in [0, 0.1) is 18.8 Å². The summed E-state index contributed by atoms with van der Waals surface area (Å²) in [5.41, 5.74) is 9.30. The summed E-state index contributed by atoms with van der Waals surface area (Å²) in [5, 5.41) is 6.00. The van der Waals surface area contributed by atoms with Gasteiger partial charge in [-0.1, -0.05) is 43.7 Å². The summed E-state index contributed by atoms with van der Waals surface area (Å²) in [6.07, 6.45) is 6.37. The monoisotopic (exact) mass is 422 g/mol. The van der Waals surface area contributed by atoms with Crippen LogP contribution in [0.25, 0.3) is 0 Å². The number of nitrogens with zero attached hydrogens (tertiary/aromatic N) is 1. The van der Waals surface area contributed by atoms with Gasteiger partial charge in [0.15, 0.2) is 0 Å². The van der Waals surface area contributed by atoms with Gasteiger partial charge in [-0.25, -0.2) is 0 Å². The molecule has 166 valence electrons. The molecule has 0 aliphatic heterocycles. The second kappa shape index (κ2) is 10.1. The molecule has 0 spiro atoms. The van der Waals surface area contributed by atoms with E-state index in [4.69, 9.17) is 5.73 Å². The molecule has 1 unspecified atom stereocenters. The van der Waals surface area contributed by atoms with Gasteiger partial charge >= 0.3 is 0 Å². The molecule has 1 saturated carbocycles. The Hall–Kier alpha value is -2.73. The first-order chi connectivity index (χ1) is 14.8. The van der Waals surface area contributed by atoms with Crippen LogP contribution in [-0.2, 0) is 15.0 Å². The van der Waals surface area contributed by atoms with Gasteiger partial charge in [0.1, 0.15) is 0 Å². The number of aromatic nitrogens is 1. The molecule has 1 aliphatic carbocycles. The minimum absolute atomic E-state index is 0.0301. The molecule has 1 atom stereocenters. The number of amides is 2. The number of anilines is 1. The molecule has 1 aromatic carbocycles. The van der Waals surface area contributed by atoms with Crippen molar-refractivity contribution < 1.29 is 9.59 Å². The van der Waals surface area contributed by atoms with Crippen LogP contribution in [0.2, 0.25) is 0 Å². The molecular weight excluding hydrogens is 388 g/mol. The van der Waals surface area contributed by atoms with Gasteiger partial charge in [0, 0.05) is 36.0 Å². The molecule has 6 heteroatoms. The van der Waals surface area contributed by atoms with Gasteiger partial charge in [0.05, 0.1) is 6.04 Å². The van der Waals surface area contributed by atoms with Crippen LogP contribution in [0.1, 0.15) is 50.7 Å². The lowest BCUT2D eigenvalue weighted by molar-refractivity contribution is -0.124. The molecule has 0 bridgehead atoms. The summed E-state index contributed by atoms with van der Waals surface area (Å²) in [5.74, 6) is -0.0139. The number of carbonyl (C=O) groups is 2. The van der Waals surface area contributed by atoms with E-state index in [2.05, 4.69) is 60.7 Å². The van der Waals surface area contributed by atoms with Gasteiger partial charge in [-0.3, -0.25) is 14.6 Å². The largest absolute Gasteiger partial charge is 0.354 e. The minimum Gasteiger partial charge on any atom is -0.354 e. The fourth-order valence-corrected chi connectivity index (χ4v) is 4.17. The second-order valence-corrected chi connectivity index (χ2v) is 9.33. The Morgan fingerprint density at radius 3 is 2.29 bits per heavy atom. The van der Waals surface area contributed by atoms with Crippen molar-refractivity contribution in [1.82, 2.24) is 10.3 Å². The Morgan fingerprint density at radius 1 is 1.06 bits per heavy atom. The number of hydrogen-bond donors (Lipinski definition) is 3. The summed E-state index contributed by atoms with van der Waals surface area (Å²) in [6, 6.07) is 11.4. The highest BCUT2D eigenvalue weighted by Gasteiger charge is 2.33. The Bertz CT molecular complexity index is 872. The van der Waals surface area contributed by atoms with E-state index in [0.29, 0.717) is 6.54 Å². The van der Waals surface area contributed by atoms with Crippen LogP contribution in [0.15, 0.2) is 48.8 Å². The van der Waals surface area contributed by atoms with Crippen molar-refractivity contribution in [2.45, 2.75) is 57.9 Å². The van der Waals surface area contributed by atoms with Crippen LogP contribution in [0.5, 0.6) is 0 Å². The summed E-state index contributed by atoms with van der Waals surface area (Å²) < 4.78 is 0. The van der Waals surface area contributed by atoms with E-state index in [0.717, 1.165) is 31.4 Å². The zero-order valence-electron chi connectivity index (χ0n) is 18.7. The lowest BCUT2D eigenvalue weighted by Crippen LogP contribution is -2.49. The molecule has 2 aromatic rings. The number of nitrogens with one attached hydrogen (secondary N) is 2. The summed E-state index contributed by atoms with van der Waals surface area (Å²) in [4.78, 5) is 29.2. The number of pyridine rings is 1. The number of carbonyl (C=O) groups excluding carboxylic acids is 2. The van der Waals surface area contributed by atoms with Gasteiger partial charge in [-0.15, -0.1) is 0 Å². The molecule has 1 aromatic heterocycles. The van der Waals surface area contributed by atoms with E-state index >= 15 is 0 Å². The molecule has 2 amide bonds. The van der Waals surface area contributed by atoms with Crippen molar-refractivity contribution in [3.8, 4) is 0 Å². The minimum atomic E-state index is -0.543. The number of rotatable bonds is 7. The normalized spacial score (nSPS) is 20.0. The Kier molecular flexibility index (Phi) is 7.44. The third-order valence-corrected chi connectivity index (χ3v) is 6.44. The number of benzene rings is 1. The standard InChI is InChI=1S/C25H34N4O2/c1-17-4-10-20(11-5-17)25(2,3)16-28-24(31)22(26)18-6-8-19(9-7-18)23(30)29-21-12-14-27-15-13-21/h4-5,10-15,18-19,22H,6-9,16,26H2,1-3H3,(H,28,31)(H,27,29,30). The van der Waals surface area contributed by atoms with Crippen LogP contribution in [-0.4, -0.2) is 29.4 Å². The van der Waals surface area contributed by atoms with Crippen molar-refractivity contribution in [1.29, 1.82) is 0 Å². The van der Waals surface area contributed by atoms with Crippen molar-refractivity contribution in [2.24, 2.45) is 17.6 Å². The number of aryl methyl sites for hydroxylation is 1. The number of nitrogens with two attached hydrogens (primary N) is 1. The van der Waals surface area contributed by atoms with Gasteiger partial charge in [0.25, 0.3) is 0 Å². The maximum absolute atomic E-state index is 12.7. The first-order valence-electron chi connectivity index (χ1n) is 11.1. The second-order valence-electron chi connectivity index (χ2n) is 9.33. The molecule has 1 aliphatic rings. The van der Waals surface area contributed by atoms with E-state index in [9.17, 15) is 9.59 Å². The molecule has 3 rings (SSSR count). The summed E-state index contributed by atoms with van der Waals surface area (Å²) >= 11 is 0. The van der Waals surface area contributed by atoms with E-state index in [-0.39, 0.29) is 29.1 Å². The quantitative estimate of drug-likeness (QED) is 0.636. The molecule has 0 radical (unpaired) electrons. The zero-order valence-corrected chi connectivity index (χ0v) is 18.7. The highest BCUT2D eigenvalue weighted by Crippen LogP contribution is 2.31. The van der Waals surface area contributed by atoms with E-state index in [1.165, 1.54) is 11.1 Å².